The van der Waals surface area contributed by atoms with E-state index in [0.29, 0.717) is 16.8 Å². The topological polar surface area (TPSA) is 85.2 Å². The van der Waals surface area contributed by atoms with E-state index in [1.165, 1.54) is 31.2 Å². The lowest BCUT2D eigenvalue weighted by atomic mass is 9.96. The van der Waals surface area contributed by atoms with E-state index in [2.05, 4.69) is 10.6 Å². The van der Waals surface area contributed by atoms with Crippen LogP contribution in [0.2, 0.25) is 0 Å². The highest BCUT2D eigenvalue weighted by Crippen LogP contribution is 2.20. The number of nitriles is 1. The van der Waals surface area contributed by atoms with E-state index in [4.69, 9.17) is 5.26 Å². The third-order valence-electron chi connectivity index (χ3n) is 3.67. The second-order valence-corrected chi connectivity index (χ2v) is 5.73. The van der Waals surface area contributed by atoms with Crippen LogP contribution in [0.4, 0.5) is 14.9 Å². The molecule has 2 amide bonds. The van der Waals surface area contributed by atoms with Gasteiger partial charge >= 0.3 is 6.03 Å². The Morgan fingerprint density at radius 1 is 1.29 bits per heavy atom. The molecule has 2 rings (SSSR count). The lowest BCUT2D eigenvalue weighted by Crippen LogP contribution is -2.40. The van der Waals surface area contributed by atoms with E-state index in [1.54, 1.807) is 18.2 Å². The van der Waals surface area contributed by atoms with E-state index in [9.17, 15) is 14.3 Å². The Hall–Kier alpha value is -2.91. The van der Waals surface area contributed by atoms with Gasteiger partial charge in [-0.05, 0) is 49.2 Å². The van der Waals surface area contributed by atoms with Gasteiger partial charge in [-0.1, -0.05) is 18.2 Å². The van der Waals surface area contributed by atoms with Gasteiger partial charge < -0.3 is 15.7 Å². The van der Waals surface area contributed by atoms with Crippen LogP contribution in [0.3, 0.4) is 0 Å². The lowest BCUT2D eigenvalue weighted by molar-refractivity contribution is 0.0599. The quantitative estimate of drug-likeness (QED) is 0.807. The monoisotopic (exact) mass is 327 g/mol. The molecule has 5 nitrogen and oxygen atoms in total. The SMILES string of the molecule is Cc1ccc(C#N)cc1NC(=O)NCC(C)(O)c1ccc(F)cc1. The Morgan fingerprint density at radius 3 is 2.58 bits per heavy atom. The molecule has 0 aromatic heterocycles. The zero-order chi connectivity index (χ0) is 17.7. The van der Waals surface area contributed by atoms with E-state index >= 15 is 0 Å². The zero-order valence-electron chi connectivity index (χ0n) is 13.4. The highest BCUT2D eigenvalue weighted by molar-refractivity contribution is 5.90. The maximum Gasteiger partial charge on any atom is 0.319 e. The van der Waals surface area contributed by atoms with E-state index in [-0.39, 0.29) is 6.54 Å². The number of nitrogens with one attached hydrogen (secondary N) is 2. The predicted octanol–water partition coefficient (Wildman–Crippen LogP) is 3.04. The Morgan fingerprint density at radius 2 is 1.96 bits per heavy atom. The van der Waals surface area contributed by atoms with Gasteiger partial charge in [0.1, 0.15) is 11.4 Å². The number of benzene rings is 2. The Balaban J connectivity index is 2.00. The van der Waals surface area contributed by atoms with Gasteiger partial charge in [-0.15, -0.1) is 0 Å². The molecule has 3 N–H and O–H groups in total. The second kappa shape index (κ2) is 7.11. The molecular formula is C18H18FN3O2. The molecule has 0 aliphatic rings. The smallest absolute Gasteiger partial charge is 0.319 e. The minimum atomic E-state index is -1.34. The number of hydrogen-bond donors (Lipinski definition) is 3. The van der Waals surface area contributed by atoms with Crippen LogP contribution < -0.4 is 10.6 Å². The van der Waals surface area contributed by atoms with Crippen LogP contribution in [0.25, 0.3) is 0 Å². The summed E-state index contributed by atoms with van der Waals surface area (Å²) in [6.45, 7) is 3.29. The van der Waals surface area contributed by atoms with Gasteiger partial charge in [-0.3, -0.25) is 0 Å². The molecule has 0 fully saturated rings. The van der Waals surface area contributed by atoms with Crippen LogP contribution in [0.15, 0.2) is 42.5 Å². The number of aryl methyl sites for hydroxylation is 1. The molecule has 0 aliphatic heterocycles. The largest absolute Gasteiger partial charge is 0.384 e. The Kier molecular flexibility index (Phi) is 5.17. The van der Waals surface area contributed by atoms with Crippen LogP contribution in [0.1, 0.15) is 23.6 Å². The van der Waals surface area contributed by atoms with Crippen molar-refractivity contribution in [3.8, 4) is 6.07 Å². The van der Waals surface area contributed by atoms with Crippen molar-refractivity contribution in [1.29, 1.82) is 5.26 Å². The maximum absolute atomic E-state index is 12.9. The summed E-state index contributed by atoms with van der Waals surface area (Å²) in [6, 6.07) is 11.9. The minimum absolute atomic E-state index is 0.0541. The molecule has 0 spiro atoms. The number of anilines is 1. The first-order chi connectivity index (χ1) is 11.3. The molecular weight excluding hydrogens is 309 g/mol. The lowest BCUT2D eigenvalue weighted by Gasteiger charge is -2.24. The van der Waals surface area contributed by atoms with Crippen molar-refractivity contribution in [2.45, 2.75) is 19.4 Å². The van der Waals surface area contributed by atoms with Gasteiger partial charge in [-0.25, -0.2) is 9.18 Å². The standard InChI is InChI=1S/C18H18FN3O2/c1-12-3-4-13(10-20)9-16(12)22-17(23)21-11-18(2,24)14-5-7-15(19)8-6-14/h3-9,24H,11H2,1-2H3,(H2,21,22,23). The molecule has 124 valence electrons. The summed E-state index contributed by atoms with van der Waals surface area (Å²) in [4.78, 5) is 12.0. The number of urea groups is 1. The fourth-order valence-corrected chi connectivity index (χ4v) is 2.16. The van der Waals surface area contributed by atoms with Crippen LogP contribution in [-0.4, -0.2) is 17.7 Å². The molecule has 2 aromatic carbocycles. The number of aliphatic hydroxyl groups is 1. The first-order valence-corrected chi connectivity index (χ1v) is 7.36. The summed E-state index contributed by atoms with van der Waals surface area (Å²) in [5.41, 5.74) is 0.928. The van der Waals surface area contributed by atoms with Crippen molar-refractivity contribution in [2.24, 2.45) is 0 Å². The summed E-state index contributed by atoms with van der Waals surface area (Å²) in [7, 11) is 0. The average Bonchev–Trinajstić information content (AvgIpc) is 2.55. The van der Waals surface area contributed by atoms with E-state index in [0.717, 1.165) is 5.56 Å². The predicted molar refractivity (Wildman–Crippen MR) is 88.9 cm³/mol. The normalized spacial score (nSPS) is 12.8. The molecule has 0 heterocycles. The first kappa shape index (κ1) is 17.4. The summed E-state index contributed by atoms with van der Waals surface area (Å²) in [6.07, 6.45) is 0. The van der Waals surface area contributed by atoms with Crippen molar-refractivity contribution in [3.63, 3.8) is 0 Å². The van der Waals surface area contributed by atoms with Gasteiger partial charge in [0.2, 0.25) is 0 Å². The van der Waals surface area contributed by atoms with Crippen molar-refractivity contribution in [2.75, 3.05) is 11.9 Å². The van der Waals surface area contributed by atoms with Gasteiger partial charge in [0.05, 0.1) is 18.2 Å². The Labute approximate surface area is 139 Å². The summed E-state index contributed by atoms with van der Waals surface area (Å²) in [5, 5.41) is 24.5. The van der Waals surface area contributed by atoms with Crippen LogP contribution >= 0.6 is 0 Å². The Bertz CT molecular complexity index is 780. The molecule has 0 aliphatic carbocycles. The first-order valence-electron chi connectivity index (χ1n) is 7.36. The number of nitrogens with zero attached hydrogens (tertiary/aromatic N) is 1. The molecule has 6 heteroatoms. The van der Waals surface area contributed by atoms with Gasteiger partial charge in [-0.2, -0.15) is 5.26 Å². The molecule has 1 unspecified atom stereocenters. The number of hydrogen-bond acceptors (Lipinski definition) is 3. The van der Waals surface area contributed by atoms with Crippen molar-refractivity contribution in [1.82, 2.24) is 5.32 Å². The van der Waals surface area contributed by atoms with Crippen LogP contribution in [-0.2, 0) is 5.60 Å². The fourth-order valence-electron chi connectivity index (χ4n) is 2.16. The highest BCUT2D eigenvalue weighted by atomic mass is 19.1. The van der Waals surface area contributed by atoms with Gasteiger partial charge in [0, 0.05) is 5.69 Å². The summed E-state index contributed by atoms with van der Waals surface area (Å²) < 4.78 is 12.9. The number of amides is 2. The number of halogens is 1. The number of carbonyl (C=O) groups is 1. The van der Waals surface area contributed by atoms with Crippen LogP contribution in [0, 0.1) is 24.1 Å². The molecule has 0 radical (unpaired) electrons. The molecule has 0 bridgehead atoms. The molecule has 0 saturated carbocycles. The summed E-state index contributed by atoms with van der Waals surface area (Å²) in [5.74, 6) is -0.395. The average molecular weight is 327 g/mol. The molecule has 2 aromatic rings. The van der Waals surface area contributed by atoms with Gasteiger partial charge in [0.15, 0.2) is 0 Å². The van der Waals surface area contributed by atoms with E-state index < -0.39 is 17.4 Å². The molecule has 1 atom stereocenters. The molecule has 0 saturated heterocycles. The third kappa shape index (κ3) is 4.31. The highest BCUT2D eigenvalue weighted by Gasteiger charge is 2.23. The second-order valence-electron chi connectivity index (χ2n) is 5.73. The summed E-state index contributed by atoms with van der Waals surface area (Å²) >= 11 is 0. The third-order valence-corrected chi connectivity index (χ3v) is 3.67. The van der Waals surface area contributed by atoms with Crippen molar-refractivity contribution < 1.29 is 14.3 Å². The number of carbonyl (C=O) groups excluding carboxylic acids is 1. The maximum atomic E-state index is 12.9. The molecule has 24 heavy (non-hydrogen) atoms. The van der Waals surface area contributed by atoms with Gasteiger partial charge in [0.25, 0.3) is 0 Å². The fraction of sp³-hybridized carbons (Fsp3) is 0.222. The number of rotatable bonds is 4. The van der Waals surface area contributed by atoms with Crippen molar-refractivity contribution >= 4 is 11.7 Å². The van der Waals surface area contributed by atoms with Crippen molar-refractivity contribution in [3.05, 3.63) is 65.0 Å². The van der Waals surface area contributed by atoms with Crippen LogP contribution in [0.5, 0.6) is 0 Å². The zero-order valence-corrected chi connectivity index (χ0v) is 13.4. The minimum Gasteiger partial charge on any atom is -0.384 e. The van der Waals surface area contributed by atoms with E-state index in [1.807, 2.05) is 13.0 Å².